The highest BCUT2D eigenvalue weighted by molar-refractivity contribution is 7.15. The quantitative estimate of drug-likeness (QED) is 0.397. The van der Waals surface area contributed by atoms with Crippen LogP contribution in [-0.4, -0.2) is 37.3 Å². The molecule has 0 saturated carbocycles. The molecule has 4 aromatic rings. The molecule has 13 heteroatoms. The number of fused-ring (bicyclic) bond motifs is 1. The van der Waals surface area contributed by atoms with Crippen LogP contribution in [0.1, 0.15) is 10.4 Å². The lowest BCUT2D eigenvalue weighted by atomic mass is 10.2. The summed E-state index contributed by atoms with van der Waals surface area (Å²) in [6.45, 7) is 0.556. The number of carbonyl (C=O) groups is 1. The molecule has 0 atom stereocenters. The van der Waals surface area contributed by atoms with Crippen LogP contribution in [0.15, 0.2) is 43.0 Å². The van der Waals surface area contributed by atoms with Gasteiger partial charge in [0.2, 0.25) is 0 Å². The second kappa shape index (κ2) is 8.78. The van der Waals surface area contributed by atoms with Gasteiger partial charge in [-0.25, -0.2) is 19.7 Å². The molecule has 1 aromatic carbocycles. The highest BCUT2D eigenvalue weighted by Gasteiger charge is 2.30. The topological polar surface area (TPSA) is 110 Å². The molecule has 4 rings (SSSR count). The van der Waals surface area contributed by atoms with Gasteiger partial charge < -0.3 is 10.6 Å². The molecule has 0 unspecified atom stereocenters. The molecule has 3 aromatic heterocycles. The molecular formula is C19H17F3N8OS. The molecule has 3 N–H and O–H groups in total. The largest absolute Gasteiger partial charge is 0.416 e. The number of rotatable bonds is 6. The third-order valence-corrected chi connectivity index (χ3v) is 5.28. The van der Waals surface area contributed by atoms with Crippen molar-refractivity contribution in [1.29, 1.82) is 0 Å². The highest BCUT2D eigenvalue weighted by atomic mass is 32.1. The van der Waals surface area contributed by atoms with Crippen LogP contribution in [0, 0.1) is 0 Å². The minimum atomic E-state index is -4.49. The van der Waals surface area contributed by atoms with Crippen LogP contribution in [0.5, 0.6) is 0 Å². The average Bonchev–Trinajstić information content (AvgIpc) is 3.33. The van der Waals surface area contributed by atoms with E-state index in [0.29, 0.717) is 29.4 Å². The minimum Gasteiger partial charge on any atom is -0.368 e. The van der Waals surface area contributed by atoms with Crippen LogP contribution in [0.25, 0.3) is 11.0 Å². The maximum Gasteiger partial charge on any atom is 0.416 e. The van der Waals surface area contributed by atoms with Gasteiger partial charge in [-0.15, -0.1) is 11.3 Å². The Morgan fingerprint density at radius 2 is 2.03 bits per heavy atom. The summed E-state index contributed by atoms with van der Waals surface area (Å²) < 4.78 is 40.0. The van der Waals surface area contributed by atoms with Crippen LogP contribution >= 0.6 is 11.3 Å². The van der Waals surface area contributed by atoms with Gasteiger partial charge >= 0.3 is 12.2 Å². The van der Waals surface area contributed by atoms with Crippen molar-refractivity contribution < 1.29 is 18.0 Å². The lowest BCUT2D eigenvalue weighted by Crippen LogP contribution is -2.19. The Hall–Kier alpha value is -3.74. The van der Waals surface area contributed by atoms with Crippen molar-refractivity contribution in [2.45, 2.75) is 12.6 Å². The predicted octanol–water partition coefficient (Wildman–Crippen LogP) is 4.14. The first kappa shape index (κ1) is 21.5. The monoisotopic (exact) mass is 462 g/mol. The molecule has 32 heavy (non-hydrogen) atoms. The number of aryl methyl sites for hydroxylation is 1. The number of urea groups is 1. The number of benzene rings is 1. The van der Waals surface area contributed by atoms with Gasteiger partial charge in [-0.1, -0.05) is 6.07 Å². The zero-order chi connectivity index (χ0) is 22.7. The second-order valence-corrected chi connectivity index (χ2v) is 7.84. The van der Waals surface area contributed by atoms with Crippen LogP contribution in [0.2, 0.25) is 0 Å². The summed E-state index contributed by atoms with van der Waals surface area (Å²) in [5.74, 6) is 0.624. The van der Waals surface area contributed by atoms with E-state index in [2.05, 4.69) is 36.0 Å². The molecule has 0 spiro atoms. The summed E-state index contributed by atoms with van der Waals surface area (Å²) in [7, 11) is 1.81. The fourth-order valence-electron chi connectivity index (χ4n) is 2.90. The molecule has 0 radical (unpaired) electrons. The molecule has 0 fully saturated rings. The fourth-order valence-corrected chi connectivity index (χ4v) is 3.70. The Balaban J connectivity index is 1.30. The van der Waals surface area contributed by atoms with Crippen molar-refractivity contribution in [3.05, 3.63) is 53.4 Å². The Kier molecular flexibility index (Phi) is 5.90. The standard InChI is InChI=1S/C19H17F3N8OS/c1-30-9-14-15(29-30)16(26-10-25-14)23-6-5-13-8-24-18(32-13)28-17(31)27-12-4-2-3-11(7-12)19(20,21)22/h2-4,7-10H,5-6H2,1H3,(H,23,25,26)(H2,24,27,28,31). The summed E-state index contributed by atoms with van der Waals surface area (Å²) >= 11 is 1.27. The van der Waals surface area contributed by atoms with E-state index in [1.165, 1.54) is 29.8 Å². The van der Waals surface area contributed by atoms with Gasteiger partial charge in [-0.3, -0.25) is 10.00 Å². The van der Waals surface area contributed by atoms with Crippen molar-refractivity contribution in [1.82, 2.24) is 24.7 Å². The maximum absolute atomic E-state index is 12.8. The molecule has 3 heterocycles. The van der Waals surface area contributed by atoms with E-state index in [1.807, 2.05) is 0 Å². The maximum atomic E-state index is 12.8. The van der Waals surface area contributed by atoms with Crippen LogP contribution in [0.4, 0.5) is 34.6 Å². The van der Waals surface area contributed by atoms with E-state index in [9.17, 15) is 18.0 Å². The van der Waals surface area contributed by atoms with Gasteiger partial charge in [-0.2, -0.15) is 18.3 Å². The van der Waals surface area contributed by atoms with Gasteiger partial charge in [0.1, 0.15) is 11.8 Å². The third kappa shape index (κ3) is 5.11. The first-order chi connectivity index (χ1) is 15.3. The van der Waals surface area contributed by atoms with E-state index in [1.54, 1.807) is 24.1 Å². The SMILES string of the molecule is Cn1cc2ncnc(NCCc3cnc(NC(=O)Nc4cccc(C(F)(F)F)c4)s3)c2n1. The zero-order valence-corrected chi connectivity index (χ0v) is 17.5. The van der Waals surface area contributed by atoms with Crippen molar-refractivity contribution in [3.63, 3.8) is 0 Å². The molecule has 166 valence electrons. The van der Waals surface area contributed by atoms with E-state index >= 15 is 0 Å². The lowest BCUT2D eigenvalue weighted by molar-refractivity contribution is -0.137. The number of halogens is 3. The van der Waals surface area contributed by atoms with Crippen molar-refractivity contribution >= 4 is 45.0 Å². The van der Waals surface area contributed by atoms with Gasteiger partial charge in [0, 0.05) is 36.8 Å². The number of aromatic nitrogens is 5. The number of thiazole rings is 1. The first-order valence-corrected chi connectivity index (χ1v) is 10.2. The number of hydrogen-bond donors (Lipinski definition) is 3. The molecule has 2 amide bonds. The van der Waals surface area contributed by atoms with Gasteiger partial charge in [0.05, 0.1) is 11.8 Å². The molecule has 0 aliphatic carbocycles. The second-order valence-electron chi connectivity index (χ2n) is 6.73. The number of carbonyl (C=O) groups excluding carboxylic acids is 1. The predicted molar refractivity (Wildman–Crippen MR) is 115 cm³/mol. The summed E-state index contributed by atoms with van der Waals surface area (Å²) in [6, 6.07) is 3.72. The van der Waals surface area contributed by atoms with Gasteiger partial charge in [-0.05, 0) is 18.2 Å². The van der Waals surface area contributed by atoms with Gasteiger partial charge in [0.15, 0.2) is 16.5 Å². The zero-order valence-electron chi connectivity index (χ0n) is 16.6. The molecule has 9 nitrogen and oxygen atoms in total. The third-order valence-electron chi connectivity index (χ3n) is 4.30. The Morgan fingerprint density at radius 3 is 2.84 bits per heavy atom. The lowest BCUT2D eigenvalue weighted by Gasteiger charge is -2.09. The van der Waals surface area contributed by atoms with E-state index < -0.39 is 17.8 Å². The number of nitrogens with zero attached hydrogens (tertiary/aromatic N) is 5. The normalized spacial score (nSPS) is 11.5. The number of nitrogens with one attached hydrogen (secondary N) is 3. The van der Waals surface area contributed by atoms with Crippen LogP contribution in [0.3, 0.4) is 0 Å². The highest BCUT2D eigenvalue weighted by Crippen LogP contribution is 2.30. The number of hydrogen-bond acceptors (Lipinski definition) is 7. The number of amides is 2. The average molecular weight is 462 g/mol. The summed E-state index contributed by atoms with van der Waals surface area (Å²) in [4.78, 5) is 25.5. The minimum absolute atomic E-state index is 0.0315. The van der Waals surface area contributed by atoms with E-state index in [-0.39, 0.29) is 5.69 Å². The molecule has 0 aliphatic heterocycles. The molecular weight excluding hydrogens is 445 g/mol. The van der Waals surface area contributed by atoms with Crippen molar-refractivity contribution in [2.24, 2.45) is 7.05 Å². The Bertz CT molecular complexity index is 1250. The van der Waals surface area contributed by atoms with Crippen molar-refractivity contribution in [2.75, 3.05) is 22.5 Å². The molecule has 0 saturated heterocycles. The van der Waals surface area contributed by atoms with E-state index in [0.717, 1.165) is 22.5 Å². The van der Waals surface area contributed by atoms with Crippen LogP contribution in [-0.2, 0) is 19.6 Å². The Labute approximate surface area is 183 Å². The van der Waals surface area contributed by atoms with Gasteiger partial charge in [0.25, 0.3) is 0 Å². The molecule has 0 aliphatic rings. The fraction of sp³-hybridized carbons (Fsp3) is 0.211. The number of alkyl halides is 3. The van der Waals surface area contributed by atoms with E-state index in [4.69, 9.17) is 0 Å². The molecule has 0 bridgehead atoms. The summed E-state index contributed by atoms with van der Waals surface area (Å²) in [6.07, 6.45) is 1.02. The van der Waals surface area contributed by atoms with Crippen LogP contribution < -0.4 is 16.0 Å². The summed E-state index contributed by atoms with van der Waals surface area (Å²) in [5, 5.41) is 12.8. The van der Waals surface area contributed by atoms with Crippen molar-refractivity contribution in [3.8, 4) is 0 Å². The first-order valence-electron chi connectivity index (χ1n) is 9.36. The Morgan fingerprint density at radius 1 is 1.19 bits per heavy atom. The number of anilines is 3. The summed E-state index contributed by atoms with van der Waals surface area (Å²) in [5.41, 5.74) is 0.601. The smallest absolute Gasteiger partial charge is 0.368 e.